The van der Waals surface area contributed by atoms with Gasteiger partial charge in [-0.2, -0.15) is 0 Å². The van der Waals surface area contributed by atoms with E-state index in [-0.39, 0.29) is 23.5 Å². The number of hydrogen-bond donors (Lipinski definition) is 1. The number of amides is 1. The van der Waals surface area contributed by atoms with Gasteiger partial charge in [-0.25, -0.2) is 4.39 Å². The van der Waals surface area contributed by atoms with Crippen molar-refractivity contribution in [3.63, 3.8) is 0 Å². The van der Waals surface area contributed by atoms with Crippen molar-refractivity contribution in [1.29, 1.82) is 0 Å². The van der Waals surface area contributed by atoms with E-state index in [4.69, 9.17) is 0 Å². The summed E-state index contributed by atoms with van der Waals surface area (Å²) in [4.78, 5) is 13.0. The van der Waals surface area contributed by atoms with Gasteiger partial charge in [0, 0.05) is 25.0 Å². The second kappa shape index (κ2) is 4.08. The van der Waals surface area contributed by atoms with Crippen LogP contribution in [0.4, 0.5) is 4.39 Å². The Bertz CT molecular complexity index is 249. The number of likely N-dealkylation sites (tertiary alicyclic amines) is 1. The molecule has 3 atom stereocenters. The van der Waals surface area contributed by atoms with Gasteiger partial charge in [-0.05, 0) is 27.7 Å². The molecule has 1 N–H and O–H groups in total. The number of alkyl halides is 1. The van der Waals surface area contributed by atoms with Crippen molar-refractivity contribution in [2.45, 2.75) is 58.4 Å². The van der Waals surface area contributed by atoms with Crippen molar-refractivity contribution >= 4 is 5.91 Å². The molecule has 1 fully saturated rings. The van der Waals surface area contributed by atoms with Gasteiger partial charge in [0.1, 0.15) is 6.17 Å². The average molecular weight is 216 g/mol. The lowest BCUT2D eigenvalue weighted by Crippen LogP contribution is -2.49. The normalized spacial score (nSPS) is 33.1. The molecule has 0 aromatic carbocycles. The molecule has 1 saturated heterocycles. The number of halogens is 1. The van der Waals surface area contributed by atoms with E-state index in [1.54, 1.807) is 0 Å². The lowest BCUT2D eigenvalue weighted by Gasteiger charge is -2.36. The Kier molecular flexibility index (Phi) is 3.38. The predicted octanol–water partition coefficient (Wildman–Crippen LogP) is 1.33. The molecule has 1 rings (SSSR count). The fourth-order valence-electron chi connectivity index (χ4n) is 2.29. The first kappa shape index (κ1) is 12.4. The highest BCUT2D eigenvalue weighted by molar-refractivity contribution is 5.73. The molecule has 0 bridgehead atoms. The summed E-state index contributed by atoms with van der Waals surface area (Å²) >= 11 is 0. The monoisotopic (exact) mass is 216 g/mol. The predicted molar refractivity (Wildman–Crippen MR) is 58.4 cm³/mol. The van der Waals surface area contributed by atoms with Gasteiger partial charge in [-0.3, -0.25) is 9.69 Å². The van der Waals surface area contributed by atoms with Crippen molar-refractivity contribution in [3.05, 3.63) is 0 Å². The Labute approximate surface area is 91.0 Å². The molecular weight excluding hydrogens is 195 g/mol. The van der Waals surface area contributed by atoms with E-state index in [2.05, 4.69) is 31.0 Å². The Morgan fingerprint density at radius 1 is 1.47 bits per heavy atom. The van der Waals surface area contributed by atoms with Crippen LogP contribution >= 0.6 is 0 Å². The van der Waals surface area contributed by atoms with Crippen LogP contribution in [0.3, 0.4) is 0 Å². The Morgan fingerprint density at radius 3 is 2.33 bits per heavy atom. The van der Waals surface area contributed by atoms with Gasteiger partial charge in [0.15, 0.2) is 0 Å². The van der Waals surface area contributed by atoms with E-state index in [1.807, 2.05) is 6.92 Å². The molecule has 0 saturated carbocycles. The SMILES string of the molecule is CC(=O)N[C@H]1[C@@H](C)N(C(C)(C)C)C[C@@H]1F. The van der Waals surface area contributed by atoms with E-state index < -0.39 is 6.17 Å². The number of hydrogen-bond acceptors (Lipinski definition) is 2. The van der Waals surface area contributed by atoms with Crippen LogP contribution in [-0.2, 0) is 4.79 Å². The van der Waals surface area contributed by atoms with E-state index in [0.717, 1.165) is 0 Å². The lowest BCUT2D eigenvalue weighted by molar-refractivity contribution is -0.120. The van der Waals surface area contributed by atoms with Crippen LogP contribution < -0.4 is 5.32 Å². The van der Waals surface area contributed by atoms with Gasteiger partial charge in [-0.1, -0.05) is 0 Å². The van der Waals surface area contributed by atoms with Crippen molar-refractivity contribution < 1.29 is 9.18 Å². The maximum absolute atomic E-state index is 13.7. The summed E-state index contributed by atoms with van der Waals surface area (Å²) in [5.74, 6) is -0.162. The van der Waals surface area contributed by atoms with Crippen LogP contribution in [0.15, 0.2) is 0 Å². The first-order valence-corrected chi connectivity index (χ1v) is 5.41. The number of nitrogens with one attached hydrogen (secondary N) is 1. The van der Waals surface area contributed by atoms with Crippen molar-refractivity contribution in [2.75, 3.05) is 6.54 Å². The Balaban J connectivity index is 2.74. The largest absolute Gasteiger partial charge is 0.349 e. The quantitative estimate of drug-likeness (QED) is 0.717. The van der Waals surface area contributed by atoms with Gasteiger partial charge in [0.25, 0.3) is 0 Å². The van der Waals surface area contributed by atoms with Crippen molar-refractivity contribution in [3.8, 4) is 0 Å². The van der Waals surface area contributed by atoms with Gasteiger partial charge in [-0.15, -0.1) is 0 Å². The zero-order valence-electron chi connectivity index (χ0n) is 10.2. The minimum Gasteiger partial charge on any atom is -0.349 e. The molecule has 88 valence electrons. The van der Waals surface area contributed by atoms with Gasteiger partial charge >= 0.3 is 0 Å². The Morgan fingerprint density at radius 2 is 2.00 bits per heavy atom. The van der Waals surface area contributed by atoms with E-state index in [1.165, 1.54) is 6.92 Å². The summed E-state index contributed by atoms with van der Waals surface area (Å²) < 4.78 is 13.7. The van der Waals surface area contributed by atoms with Crippen LogP contribution in [0.1, 0.15) is 34.6 Å². The number of rotatable bonds is 1. The van der Waals surface area contributed by atoms with E-state index >= 15 is 0 Å². The molecule has 0 aromatic heterocycles. The van der Waals surface area contributed by atoms with Gasteiger partial charge in [0.2, 0.25) is 5.91 Å². The highest BCUT2D eigenvalue weighted by Crippen LogP contribution is 2.28. The minimum absolute atomic E-state index is 0.0453. The van der Waals surface area contributed by atoms with Crippen molar-refractivity contribution in [2.24, 2.45) is 0 Å². The molecule has 3 nitrogen and oxygen atoms in total. The van der Waals surface area contributed by atoms with Crippen LogP contribution in [0.2, 0.25) is 0 Å². The maximum atomic E-state index is 13.7. The number of carbonyl (C=O) groups excluding carboxylic acids is 1. The highest BCUT2D eigenvalue weighted by Gasteiger charge is 2.43. The zero-order chi connectivity index (χ0) is 11.8. The maximum Gasteiger partial charge on any atom is 0.217 e. The fraction of sp³-hybridized carbons (Fsp3) is 0.909. The standard InChI is InChI=1S/C11H21FN2O/c1-7-10(13-8(2)15)9(12)6-14(7)11(3,4)5/h7,9-10H,6H2,1-5H3,(H,13,15)/t7-,9+,10+/m1/s1. The summed E-state index contributed by atoms with van der Waals surface area (Å²) in [7, 11) is 0. The van der Waals surface area contributed by atoms with Crippen LogP contribution in [-0.4, -0.2) is 41.1 Å². The topological polar surface area (TPSA) is 32.3 Å². The molecule has 0 aliphatic carbocycles. The first-order valence-electron chi connectivity index (χ1n) is 5.41. The summed E-state index contributed by atoms with van der Waals surface area (Å²) in [6.07, 6.45) is -0.969. The van der Waals surface area contributed by atoms with E-state index in [9.17, 15) is 9.18 Å². The summed E-state index contributed by atoms with van der Waals surface area (Å²) in [6.45, 7) is 9.98. The van der Waals surface area contributed by atoms with Crippen LogP contribution in [0.25, 0.3) is 0 Å². The molecule has 0 spiro atoms. The molecule has 0 radical (unpaired) electrons. The smallest absolute Gasteiger partial charge is 0.217 e. The number of nitrogens with zero attached hydrogens (tertiary/aromatic N) is 1. The molecule has 1 aliphatic heterocycles. The number of carbonyl (C=O) groups is 1. The van der Waals surface area contributed by atoms with Crippen LogP contribution in [0, 0.1) is 0 Å². The van der Waals surface area contributed by atoms with Gasteiger partial charge in [0.05, 0.1) is 6.04 Å². The fourth-order valence-corrected chi connectivity index (χ4v) is 2.29. The second-order valence-electron chi connectivity index (χ2n) is 5.31. The third-order valence-corrected chi connectivity index (χ3v) is 3.00. The zero-order valence-corrected chi connectivity index (χ0v) is 10.2. The summed E-state index contributed by atoms with van der Waals surface area (Å²) in [6, 6.07) is -0.328. The first-order chi connectivity index (χ1) is 6.73. The highest BCUT2D eigenvalue weighted by atomic mass is 19.1. The average Bonchev–Trinajstić information content (AvgIpc) is 2.30. The molecule has 0 unspecified atom stereocenters. The van der Waals surface area contributed by atoms with E-state index in [0.29, 0.717) is 6.54 Å². The third kappa shape index (κ3) is 2.68. The second-order valence-corrected chi connectivity index (χ2v) is 5.31. The molecule has 15 heavy (non-hydrogen) atoms. The molecule has 0 aromatic rings. The molecule has 1 aliphatic rings. The molecule has 4 heteroatoms. The third-order valence-electron chi connectivity index (χ3n) is 3.00. The summed E-state index contributed by atoms with van der Waals surface area (Å²) in [5.41, 5.74) is -0.0586. The molecule has 1 heterocycles. The molecule has 1 amide bonds. The lowest BCUT2D eigenvalue weighted by atomic mass is 10.0. The Hall–Kier alpha value is -0.640. The minimum atomic E-state index is -0.969. The van der Waals surface area contributed by atoms with Crippen LogP contribution in [0.5, 0.6) is 0 Å². The molecular formula is C11H21FN2O. The summed E-state index contributed by atoms with van der Waals surface area (Å²) in [5, 5.41) is 2.69. The van der Waals surface area contributed by atoms with Gasteiger partial charge < -0.3 is 5.32 Å². The van der Waals surface area contributed by atoms with Crippen molar-refractivity contribution in [1.82, 2.24) is 10.2 Å².